The van der Waals surface area contributed by atoms with Crippen molar-refractivity contribution in [1.82, 2.24) is 9.78 Å². The molecule has 2 heterocycles. The Kier molecular flexibility index (Phi) is 1.66. The molecule has 3 heteroatoms. The summed E-state index contributed by atoms with van der Waals surface area (Å²) in [6.07, 6.45) is 4.67. The van der Waals surface area contributed by atoms with Crippen molar-refractivity contribution in [3.05, 3.63) is 18.0 Å². The summed E-state index contributed by atoms with van der Waals surface area (Å²) in [5.41, 5.74) is 1.17. The fourth-order valence-electron chi connectivity index (χ4n) is 1.14. The second-order valence-corrected chi connectivity index (χ2v) is 2.97. The van der Waals surface area contributed by atoms with Gasteiger partial charge in [-0.1, -0.05) is 0 Å². The van der Waals surface area contributed by atoms with Crippen LogP contribution in [-0.4, -0.2) is 22.5 Å². The average molecular weight is 152 g/mol. The minimum Gasteiger partial charge on any atom is -0.373 e. The summed E-state index contributed by atoms with van der Waals surface area (Å²) in [6, 6.07) is 2.06. The first-order valence-electron chi connectivity index (χ1n) is 3.95. The number of rotatable bonds is 3. The van der Waals surface area contributed by atoms with E-state index in [1.54, 1.807) is 0 Å². The molecule has 1 aromatic heterocycles. The lowest BCUT2D eigenvalue weighted by Gasteiger charge is -1.91. The summed E-state index contributed by atoms with van der Waals surface area (Å²) < 4.78 is 6.94. The van der Waals surface area contributed by atoms with Crippen molar-refractivity contribution in [2.45, 2.75) is 18.9 Å². The van der Waals surface area contributed by atoms with Crippen LogP contribution in [0.5, 0.6) is 0 Å². The first-order chi connectivity index (χ1) is 5.34. The molecule has 0 radical (unpaired) electrons. The molecule has 0 spiro atoms. The van der Waals surface area contributed by atoms with Gasteiger partial charge in [0.15, 0.2) is 0 Å². The predicted molar refractivity (Wildman–Crippen MR) is 41.3 cm³/mol. The van der Waals surface area contributed by atoms with Crippen LogP contribution >= 0.6 is 0 Å². The van der Waals surface area contributed by atoms with Gasteiger partial charge < -0.3 is 4.74 Å². The number of epoxide rings is 1. The Morgan fingerprint density at radius 1 is 1.82 bits per heavy atom. The van der Waals surface area contributed by atoms with Gasteiger partial charge in [-0.15, -0.1) is 0 Å². The third-order valence-electron chi connectivity index (χ3n) is 1.89. The SMILES string of the molecule is Cn1ccc(CCC2CO2)n1. The molecule has 1 aromatic rings. The maximum atomic E-state index is 5.10. The molecule has 2 rings (SSSR count). The van der Waals surface area contributed by atoms with Gasteiger partial charge in [0.1, 0.15) is 0 Å². The van der Waals surface area contributed by atoms with E-state index in [0.29, 0.717) is 6.10 Å². The van der Waals surface area contributed by atoms with E-state index in [0.717, 1.165) is 19.4 Å². The monoisotopic (exact) mass is 152 g/mol. The van der Waals surface area contributed by atoms with Crippen LogP contribution < -0.4 is 0 Å². The topological polar surface area (TPSA) is 30.4 Å². The zero-order valence-electron chi connectivity index (χ0n) is 6.66. The van der Waals surface area contributed by atoms with E-state index in [1.165, 1.54) is 5.69 Å². The van der Waals surface area contributed by atoms with Crippen molar-refractivity contribution < 1.29 is 4.74 Å². The Hall–Kier alpha value is -0.830. The molecule has 0 saturated carbocycles. The van der Waals surface area contributed by atoms with Gasteiger partial charge in [-0.25, -0.2) is 0 Å². The Balaban J connectivity index is 1.85. The van der Waals surface area contributed by atoms with Crippen LogP contribution in [0.25, 0.3) is 0 Å². The highest BCUT2D eigenvalue weighted by Crippen LogP contribution is 2.15. The molecule has 11 heavy (non-hydrogen) atoms. The Morgan fingerprint density at radius 3 is 3.18 bits per heavy atom. The molecule has 0 N–H and O–H groups in total. The lowest BCUT2D eigenvalue weighted by Crippen LogP contribution is -1.94. The number of aromatic nitrogens is 2. The summed E-state index contributed by atoms with van der Waals surface area (Å²) in [6.45, 7) is 0.951. The summed E-state index contributed by atoms with van der Waals surface area (Å²) in [5.74, 6) is 0. The van der Waals surface area contributed by atoms with Crippen LogP contribution in [0.15, 0.2) is 12.3 Å². The minimum atomic E-state index is 0.525. The maximum Gasteiger partial charge on any atom is 0.0813 e. The normalized spacial score (nSPS) is 22.1. The number of hydrogen-bond donors (Lipinski definition) is 0. The van der Waals surface area contributed by atoms with Crippen molar-refractivity contribution in [3.63, 3.8) is 0 Å². The van der Waals surface area contributed by atoms with Crippen molar-refractivity contribution in [1.29, 1.82) is 0 Å². The second-order valence-electron chi connectivity index (χ2n) is 2.97. The van der Waals surface area contributed by atoms with Crippen LogP contribution in [0.1, 0.15) is 12.1 Å². The van der Waals surface area contributed by atoms with Gasteiger partial charge in [0, 0.05) is 13.2 Å². The minimum absolute atomic E-state index is 0.525. The summed E-state index contributed by atoms with van der Waals surface area (Å²) in [5, 5.41) is 4.27. The Labute approximate surface area is 66.0 Å². The zero-order valence-corrected chi connectivity index (χ0v) is 6.66. The Bertz CT molecular complexity index is 240. The maximum absolute atomic E-state index is 5.10. The van der Waals surface area contributed by atoms with Crippen molar-refractivity contribution in [3.8, 4) is 0 Å². The molecule has 3 nitrogen and oxygen atoms in total. The lowest BCUT2D eigenvalue weighted by atomic mass is 10.2. The predicted octanol–water partition coefficient (Wildman–Crippen LogP) is 0.751. The highest BCUT2D eigenvalue weighted by molar-refractivity contribution is 4.99. The number of aryl methyl sites for hydroxylation is 2. The fourth-order valence-corrected chi connectivity index (χ4v) is 1.14. The van der Waals surface area contributed by atoms with Crippen LogP contribution in [0, 0.1) is 0 Å². The molecule has 1 unspecified atom stereocenters. The van der Waals surface area contributed by atoms with E-state index in [1.807, 2.05) is 17.9 Å². The molecule has 60 valence electrons. The van der Waals surface area contributed by atoms with Gasteiger partial charge in [-0.2, -0.15) is 5.10 Å². The van der Waals surface area contributed by atoms with Gasteiger partial charge in [0.05, 0.1) is 18.4 Å². The first-order valence-corrected chi connectivity index (χ1v) is 3.95. The third kappa shape index (κ3) is 1.80. The largest absolute Gasteiger partial charge is 0.373 e. The van der Waals surface area contributed by atoms with E-state index >= 15 is 0 Å². The molecule has 0 amide bonds. The summed E-state index contributed by atoms with van der Waals surface area (Å²) >= 11 is 0. The van der Waals surface area contributed by atoms with Gasteiger partial charge in [0.2, 0.25) is 0 Å². The molecule has 0 aliphatic carbocycles. The lowest BCUT2D eigenvalue weighted by molar-refractivity contribution is 0.396. The molecule has 1 fully saturated rings. The molecular formula is C8H12N2O. The fraction of sp³-hybridized carbons (Fsp3) is 0.625. The molecular weight excluding hydrogens is 140 g/mol. The first kappa shape index (κ1) is 6.85. The highest BCUT2D eigenvalue weighted by Gasteiger charge is 2.21. The van der Waals surface area contributed by atoms with E-state index in [2.05, 4.69) is 11.2 Å². The van der Waals surface area contributed by atoms with Gasteiger partial charge in [0.25, 0.3) is 0 Å². The van der Waals surface area contributed by atoms with E-state index < -0.39 is 0 Å². The van der Waals surface area contributed by atoms with Crippen molar-refractivity contribution in [2.24, 2.45) is 7.05 Å². The van der Waals surface area contributed by atoms with E-state index in [4.69, 9.17) is 4.74 Å². The number of nitrogens with zero attached hydrogens (tertiary/aromatic N) is 2. The van der Waals surface area contributed by atoms with Crippen molar-refractivity contribution >= 4 is 0 Å². The second kappa shape index (κ2) is 2.66. The smallest absolute Gasteiger partial charge is 0.0813 e. The standard InChI is InChI=1S/C8H12N2O/c1-10-5-4-7(9-10)2-3-8-6-11-8/h4-5,8H,2-3,6H2,1H3. The third-order valence-corrected chi connectivity index (χ3v) is 1.89. The summed E-state index contributed by atoms with van der Waals surface area (Å²) in [4.78, 5) is 0. The van der Waals surface area contributed by atoms with Crippen molar-refractivity contribution in [2.75, 3.05) is 6.61 Å². The molecule has 1 aliphatic rings. The molecule has 0 bridgehead atoms. The zero-order chi connectivity index (χ0) is 7.68. The van der Waals surface area contributed by atoms with Crippen LogP contribution in [-0.2, 0) is 18.2 Å². The highest BCUT2D eigenvalue weighted by atomic mass is 16.6. The van der Waals surface area contributed by atoms with E-state index in [-0.39, 0.29) is 0 Å². The van der Waals surface area contributed by atoms with Gasteiger partial charge in [-0.3, -0.25) is 4.68 Å². The van der Waals surface area contributed by atoms with Crippen LogP contribution in [0.2, 0.25) is 0 Å². The van der Waals surface area contributed by atoms with Gasteiger partial charge in [-0.05, 0) is 18.9 Å². The molecule has 1 saturated heterocycles. The molecule has 1 aliphatic heterocycles. The van der Waals surface area contributed by atoms with Gasteiger partial charge >= 0.3 is 0 Å². The quantitative estimate of drug-likeness (QED) is 0.598. The number of ether oxygens (including phenoxy) is 1. The van der Waals surface area contributed by atoms with Crippen LogP contribution in [0.4, 0.5) is 0 Å². The Morgan fingerprint density at radius 2 is 2.64 bits per heavy atom. The van der Waals surface area contributed by atoms with Crippen LogP contribution in [0.3, 0.4) is 0 Å². The average Bonchev–Trinajstić information content (AvgIpc) is 2.72. The number of hydrogen-bond acceptors (Lipinski definition) is 2. The van der Waals surface area contributed by atoms with E-state index in [9.17, 15) is 0 Å². The molecule has 0 aromatic carbocycles. The summed E-state index contributed by atoms with van der Waals surface area (Å²) in [7, 11) is 1.94. The molecule has 1 atom stereocenters.